The standard InChI is InChI=1S/C19H22ClFN4O2S2/c20-13-8-16(29(26,27)24-17-22-5-7-28-17)14(21)9-15(13)23-11-19-2-1-6-25(19)12-18(10-19)3-4-18/h5,7-9,23H,1-4,6,10-12H2,(H,22,24)/t19-/m1/s1. The first kappa shape index (κ1) is 19.5. The number of hydrogen-bond acceptors (Lipinski definition) is 6. The molecule has 1 saturated carbocycles. The van der Waals surface area contributed by atoms with E-state index < -0.39 is 20.7 Å². The number of anilines is 2. The van der Waals surface area contributed by atoms with Crippen LogP contribution in [-0.4, -0.2) is 43.5 Å². The van der Waals surface area contributed by atoms with E-state index >= 15 is 0 Å². The topological polar surface area (TPSA) is 74.3 Å². The van der Waals surface area contributed by atoms with Crippen LogP contribution in [0.5, 0.6) is 0 Å². The zero-order chi connectivity index (χ0) is 20.3. The summed E-state index contributed by atoms with van der Waals surface area (Å²) in [4.78, 5) is 5.97. The Hall–Kier alpha value is -1.42. The summed E-state index contributed by atoms with van der Waals surface area (Å²) in [6.45, 7) is 2.97. The highest BCUT2D eigenvalue weighted by Gasteiger charge is 2.59. The van der Waals surface area contributed by atoms with Gasteiger partial charge in [0.1, 0.15) is 10.7 Å². The second-order valence-corrected chi connectivity index (χ2v) is 11.4. The van der Waals surface area contributed by atoms with E-state index in [-0.39, 0.29) is 15.7 Å². The minimum Gasteiger partial charge on any atom is -0.382 e. The number of rotatable bonds is 6. The van der Waals surface area contributed by atoms with Crippen molar-refractivity contribution in [1.29, 1.82) is 0 Å². The third-order valence-electron chi connectivity index (χ3n) is 6.50. The van der Waals surface area contributed by atoms with Crippen LogP contribution in [0, 0.1) is 11.2 Å². The molecule has 0 bridgehead atoms. The zero-order valence-corrected chi connectivity index (χ0v) is 18.1. The van der Waals surface area contributed by atoms with E-state index in [4.69, 9.17) is 11.6 Å². The number of aromatic nitrogens is 1. The average Bonchev–Trinajstić information content (AvgIpc) is 2.96. The highest BCUT2D eigenvalue weighted by molar-refractivity contribution is 7.93. The Bertz CT molecular complexity index is 1040. The lowest BCUT2D eigenvalue weighted by Gasteiger charge is -2.32. The molecule has 29 heavy (non-hydrogen) atoms. The summed E-state index contributed by atoms with van der Waals surface area (Å²) in [6, 6.07) is 2.34. The Balaban J connectivity index is 1.35. The number of hydrogen-bond donors (Lipinski definition) is 2. The van der Waals surface area contributed by atoms with Gasteiger partial charge in [-0.3, -0.25) is 9.62 Å². The van der Waals surface area contributed by atoms with Crippen LogP contribution in [0.4, 0.5) is 15.2 Å². The molecule has 1 aliphatic carbocycles. The van der Waals surface area contributed by atoms with Crippen molar-refractivity contribution in [2.24, 2.45) is 5.41 Å². The fourth-order valence-electron chi connectivity index (χ4n) is 4.95. The van der Waals surface area contributed by atoms with Crippen LogP contribution >= 0.6 is 22.9 Å². The Morgan fingerprint density at radius 3 is 2.86 bits per heavy atom. The van der Waals surface area contributed by atoms with Crippen LogP contribution in [0.3, 0.4) is 0 Å². The highest BCUT2D eigenvalue weighted by Crippen LogP contribution is 2.60. The van der Waals surface area contributed by atoms with E-state index in [9.17, 15) is 12.8 Å². The molecule has 2 N–H and O–H groups in total. The van der Waals surface area contributed by atoms with Gasteiger partial charge in [0.25, 0.3) is 10.0 Å². The molecule has 156 valence electrons. The van der Waals surface area contributed by atoms with Gasteiger partial charge in [-0.2, -0.15) is 0 Å². The van der Waals surface area contributed by atoms with Crippen LogP contribution in [0.25, 0.3) is 0 Å². The lowest BCUT2D eigenvalue weighted by Crippen LogP contribution is -2.44. The highest BCUT2D eigenvalue weighted by atomic mass is 35.5. The van der Waals surface area contributed by atoms with Crippen molar-refractivity contribution >= 4 is 43.8 Å². The fraction of sp³-hybridized carbons (Fsp3) is 0.526. The van der Waals surface area contributed by atoms with Gasteiger partial charge in [-0.15, -0.1) is 11.3 Å². The lowest BCUT2D eigenvalue weighted by atomic mass is 9.88. The Kier molecular flexibility index (Phi) is 4.58. The minimum atomic E-state index is -4.10. The van der Waals surface area contributed by atoms with Crippen molar-refractivity contribution in [3.63, 3.8) is 0 Å². The molecule has 1 aromatic carbocycles. The van der Waals surface area contributed by atoms with Gasteiger partial charge >= 0.3 is 0 Å². The van der Waals surface area contributed by atoms with Crippen LogP contribution in [0.2, 0.25) is 5.02 Å². The van der Waals surface area contributed by atoms with Gasteiger partial charge in [-0.05, 0) is 56.2 Å². The third kappa shape index (κ3) is 3.52. The maximum atomic E-state index is 14.7. The molecule has 6 nitrogen and oxygen atoms in total. The number of nitrogens with zero attached hydrogens (tertiary/aromatic N) is 2. The molecule has 0 amide bonds. The van der Waals surface area contributed by atoms with Crippen LogP contribution < -0.4 is 10.0 Å². The van der Waals surface area contributed by atoms with E-state index in [1.54, 1.807) is 5.38 Å². The molecule has 3 heterocycles. The van der Waals surface area contributed by atoms with E-state index in [1.165, 1.54) is 37.9 Å². The molecule has 2 aliphatic heterocycles. The van der Waals surface area contributed by atoms with Gasteiger partial charge in [0, 0.05) is 30.2 Å². The van der Waals surface area contributed by atoms with Crippen molar-refractivity contribution in [3.8, 4) is 0 Å². The maximum absolute atomic E-state index is 14.7. The second kappa shape index (κ2) is 6.80. The Morgan fingerprint density at radius 2 is 2.14 bits per heavy atom. The number of halogens is 2. The van der Waals surface area contributed by atoms with Crippen molar-refractivity contribution < 1.29 is 12.8 Å². The van der Waals surface area contributed by atoms with E-state index in [1.807, 2.05) is 0 Å². The van der Waals surface area contributed by atoms with Gasteiger partial charge in [-0.25, -0.2) is 17.8 Å². The fourth-order valence-corrected chi connectivity index (χ4v) is 7.12. The molecule has 3 aliphatic rings. The normalized spacial score (nSPS) is 25.3. The Labute approximate surface area is 178 Å². The molecular weight excluding hydrogens is 435 g/mol. The number of sulfonamides is 1. The summed E-state index contributed by atoms with van der Waals surface area (Å²) in [5.41, 5.74) is 1.03. The quantitative estimate of drug-likeness (QED) is 0.682. The van der Waals surface area contributed by atoms with E-state index in [0.29, 0.717) is 17.6 Å². The van der Waals surface area contributed by atoms with Crippen molar-refractivity contribution in [2.45, 2.75) is 42.5 Å². The largest absolute Gasteiger partial charge is 0.382 e. The molecule has 2 aromatic rings. The van der Waals surface area contributed by atoms with E-state index in [2.05, 4.69) is 19.9 Å². The summed E-state index contributed by atoms with van der Waals surface area (Å²) in [7, 11) is -4.10. The number of thiazole rings is 1. The van der Waals surface area contributed by atoms with Gasteiger partial charge in [0.2, 0.25) is 0 Å². The third-order valence-corrected chi connectivity index (χ3v) is 8.99. The lowest BCUT2D eigenvalue weighted by molar-refractivity contribution is 0.209. The molecule has 2 saturated heterocycles. The number of benzene rings is 1. The number of nitrogens with one attached hydrogen (secondary N) is 2. The molecule has 10 heteroatoms. The van der Waals surface area contributed by atoms with Crippen LogP contribution in [0.15, 0.2) is 28.6 Å². The first-order valence-electron chi connectivity index (χ1n) is 9.71. The van der Waals surface area contributed by atoms with Gasteiger partial charge in [0.15, 0.2) is 5.13 Å². The smallest absolute Gasteiger partial charge is 0.266 e. The van der Waals surface area contributed by atoms with Crippen LogP contribution in [-0.2, 0) is 10.0 Å². The first-order valence-corrected chi connectivity index (χ1v) is 12.5. The molecule has 0 unspecified atom stereocenters. The average molecular weight is 457 g/mol. The van der Waals surface area contributed by atoms with Gasteiger partial charge in [-0.1, -0.05) is 11.6 Å². The molecule has 1 aromatic heterocycles. The summed E-state index contributed by atoms with van der Waals surface area (Å²) in [5, 5.41) is 5.31. The van der Waals surface area contributed by atoms with Gasteiger partial charge < -0.3 is 5.32 Å². The summed E-state index contributed by atoms with van der Waals surface area (Å²) < 4.78 is 42.0. The Morgan fingerprint density at radius 1 is 1.31 bits per heavy atom. The zero-order valence-electron chi connectivity index (χ0n) is 15.7. The SMILES string of the molecule is O=S(=O)(Nc1nccs1)c1cc(Cl)c(NC[C@]23CCCN2CC2(CC2)C3)cc1F. The molecule has 1 atom stereocenters. The first-order chi connectivity index (χ1) is 13.8. The molecule has 3 fully saturated rings. The van der Waals surface area contributed by atoms with Crippen molar-refractivity contribution in [1.82, 2.24) is 9.88 Å². The molecular formula is C19H22ClFN4O2S2. The molecule has 1 spiro atoms. The molecule has 5 rings (SSSR count). The number of fused-ring (bicyclic) bond motifs is 1. The summed E-state index contributed by atoms with van der Waals surface area (Å²) in [5.74, 6) is -0.841. The predicted octanol–water partition coefficient (Wildman–Crippen LogP) is 4.17. The van der Waals surface area contributed by atoms with Crippen molar-refractivity contribution in [2.75, 3.05) is 29.7 Å². The van der Waals surface area contributed by atoms with E-state index in [0.717, 1.165) is 36.9 Å². The second-order valence-electron chi connectivity index (χ2n) is 8.49. The van der Waals surface area contributed by atoms with Crippen molar-refractivity contribution in [3.05, 3.63) is 34.5 Å². The van der Waals surface area contributed by atoms with Crippen LogP contribution in [0.1, 0.15) is 32.1 Å². The monoisotopic (exact) mass is 456 g/mol. The summed E-state index contributed by atoms with van der Waals surface area (Å²) in [6.07, 6.45) is 7.57. The van der Waals surface area contributed by atoms with Gasteiger partial charge in [0.05, 0.1) is 10.7 Å². The molecule has 0 radical (unpaired) electrons. The minimum absolute atomic E-state index is 0.105. The predicted molar refractivity (Wildman–Crippen MR) is 113 cm³/mol. The maximum Gasteiger partial charge on any atom is 0.266 e. The summed E-state index contributed by atoms with van der Waals surface area (Å²) >= 11 is 7.45.